The fourth-order valence-corrected chi connectivity index (χ4v) is 4.21. The van der Waals surface area contributed by atoms with Crippen molar-refractivity contribution in [1.29, 1.82) is 0 Å². The summed E-state index contributed by atoms with van der Waals surface area (Å²) in [6.07, 6.45) is 0. The fraction of sp³-hybridized carbons (Fsp3) is 0.133. The quantitative estimate of drug-likeness (QED) is 0.557. The molecule has 0 aliphatic carbocycles. The minimum Gasteiger partial charge on any atom is -0.480 e. The molecule has 0 unspecified atom stereocenters. The lowest BCUT2D eigenvalue weighted by Crippen LogP contribution is -2.36. The zero-order valence-electron chi connectivity index (χ0n) is 12.9. The first kappa shape index (κ1) is 18.9. The van der Waals surface area contributed by atoms with Crippen LogP contribution in [0.5, 0.6) is 0 Å². The first-order chi connectivity index (χ1) is 11.6. The van der Waals surface area contributed by atoms with Crippen LogP contribution in [0, 0.1) is 17.0 Å². The van der Waals surface area contributed by atoms with Crippen LogP contribution in [0.3, 0.4) is 0 Å². The summed E-state index contributed by atoms with van der Waals surface area (Å²) in [5.41, 5.74) is 0.00681. The van der Waals surface area contributed by atoms with Crippen LogP contribution in [-0.2, 0) is 14.8 Å². The molecule has 0 bridgehead atoms. The topological polar surface area (TPSA) is 118 Å². The van der Waals surface area contributed by atoms with Crippen molar-refractivity contribution >= 4 is 43.3 Å². The molecule has 2 aromatic rings. The SMILES string of the molecule is Cc1ccc([N+](=O)[O-])cc1S(=O)(=O)N(CC(=O)O)c1cccc(Br)c1. The van der Waals surface area contributed by atoms with Crippen molar-refractivity contribution in [2.75, 3.05) is 10.8 Å². The molecular weight excluding hydrogens is 416 g/mol. The van der Waals surface area contributed by atoms with Gasteiger partial charge in [0.1, 0.15) is 6.54 Å². The van der Waals surface area contributed by atoms with Gasteiger partial charge in [0, 0.05) is 16.6 Å². The molecule has 0 atom stereocenters. The van der Waals surface area contributed by atoms with Gasteiger partial charge in [0.2, 0.25) is 0 Å². The lowest BCUT2D eigenvalue weighted by molar-refractivity contribution is -0.385. The van der Waals surface area contributed by atoms with Gasteiger partial charge in [0.15, 0.2) is 0 Å². The summed E-state index contributed by atoms with van der Waals surface area (Å²) < 4.78 is 27.3. The van der Waals surface area contributed by atoms with E-state index < -0.39 is 33.1 Å². The summed E-state index contributed by atoms with van der Waals surface area (Å²) in [6, 6.07) is 9.54. The maximum Gasteiger partial charge on any atom is 0.324 e. The maximum atomic E-state index is 13.0. The number of carboxylic acids is 1. The number of non-ortho nitro benzene ring substituents is 1. The van der Waals surface area contributed by atoms with Crippen molar-refractivity contribution in [3.63, 3.8) is 0 Å². The number of aryl methyl sites for hydroxylation is 1. The van der Waals surface area contributed by atoms with Crippen LogP contribution in [0.2, 0.25) is 0 Å². The van der Waals surface area contributed by atoms with Crippen molar-refractivity contribution < 1.29 is 23.2 Å². The number of carboxylic acid groups (broad SMARTS) is 1. The molecule has 0 saturated carbocycles. The van der Waals surface area contributed by atoms with E-state index in [0.717, 1.165) is 6.07 Å². The first-order valence-electron chi connectivity index (χ1n) is 6.88. The molecule has 0 aliphatic heterocycles. The lowest BCUT2D eigenvalue weighted by atomic mass is 10.2. The molecule has 0 amide bonds. The Hall–Kier alpha value is -2.46. The van der Waals surface area contributed by atoms with Gasteiger partial charge >= 0.3 is 5.97 Å². The highest BCUT2D eigenvalue weighted by atomic mass is 79.9. The summed E-state index contributed by atoms with van der Waals surface area (Å²) in [4.78, 5) is 21.1. The second kappa shape index (κ2) is 7.19. The Bertz CT molecular complexity index is 945. The molecule has 1 N–H and O–H groups in total. The largest absolute Gasteiger partial charge is 0.480 e. The summed E-state index contributed by atoms with van der Waals surface area (Å²) in [7, 11) is -4.33. The third kappa shape index (κ3) is 4.15. The van der Waals surface area contributed by atoms with Crippen molar-refractivity contribution in [3.05, 3.63) is 62.6 Å². The van der Waals surface area contributed by atoms with Crippen LogP contribution < -0.4 is 4.31 Å². The number of nitro groups is 1. The van der Waals surface area contributed by atoms with Crippen LogP contribution in [0.1, 0.15) is 5.56 Å². The molecule has 0 saturated heterocycles. The molecular formula is C15H13BrN2O6S. The zero-order valence-corrected chi connectivity index (χ0v) is 15.3. The van der Waals surface area contributed by atoms with Gasteiger partial charge < -0.3 is 5.11 Å². The number of hydrogen-bond donors (Lipinski definition) is 1. The van der Waals surface area contributed by atoms with Crippen molar-refractivity contribution in [2.24, 2.45) is 0 Å². The van der Waals surface area contributed by atoms with Crippen LogP contribution in [-0.4, -0.2) is 31.0 Å². The number of benzene rings is 2. The molecule has 2 aromatic carbocycles. The molecule has 8 nitrogen and oxygen atoms in total. The first-order valence-corrected chi connectivity index (χ1v) is 9.11. The molecule has 132 valence electrons. The minimum absolute atomic E-state index is 0.127. The zero-order chi connectivity index (χ0) is 18.8. The highest BCUT2D eigenvalue weighted by molar-refractivity contribution is 9.10. The minimum atomic E-state index is -4.33. The number of carbonyl (C=O) groups is 1. The molecule has 10 heteroatoms. The van der Waals surface area contributed by atoms with Gasteiger partial charge in [-0.3, -0.25) is 19.2 Å². The van der Waals surface area contributed by atoms with E-state index in [9.17, 15) is 23.3 Å². The Balaban J connectivity index is 2.65. The van der Waals surface area contributed by atoms with Gasteiger partial charge in [-0.25, -0.2) is 8.42 Å². The number of aliphatic carboxylic acids is 1. The number of halogens is 1. The molecule has 0 heterocycles. The average Bonchev–Trinajstić information content (AvgIpc) is 2.52. The molecule has 0 spiro atoms. The van der Waals surface area contributed by atoms with Gasteiger partial charge in [-0.05, 0) is 30.7 Å². The predicted molar refractivity (Wildman–Crippen MR) is 94.1 cm³/mol. The number of nitrogens with zero attached hydrogens (tertiary/aromatic N) is 2. The van der Waals surface area contributed by atoms with Gasteiger partial charge in [0.05, 0.1) is 15.5 Å². The molecule has 0 aliphatic rings. The van der Waals surface area contributed by atoms with Gasteiger partial charge in [-0.1, -0.05) is 28.1 Å². The average molecular weight is 429 g/mol. The normalized spacial score (nSPS) is 11.1. The molecule has 0 fully saturated rings. The van der Waals surface area contributed by atoms with Crippen LogP contribution >= 0.6 is 15.9 Å². The number of rotatable bonds is 6. The second-order valence-corrected chi connectivity index (χ2v) is 7.84. The number of nitro benzene ring substituents is 1. The van der Waals surface area contributed by atoms with E-state index in [1.165, 1.54) is 31.2 Å². The van der Waals surface area contributed by atoms with E-state index in [4.69, 9.17) is 5.11 Å². The van der Waals surface area contributed by atoms with E-state index in [-0.39, 0.29) is 16.1 Å². The van der Waals surface area contributed by atoms with E-state index in [1.54, 1.807) is 12.1 Å². The highest BCUT2D eigenvalue weighted by Gasteiger charge is 2.30. The van der Waals surface area contributed by atoms with Crippen molar-refractivity contribution in [1.82, 2.24) is 0 Å². The van der Waals surface area contributed by atoms with Crippen LogP contribution in [0.25, 0.3) is 0 Å². The molecule has 0 aromatic heterocycles. The van der Waals surface area contributed by atoms with E-state index >= 15 is 0 Å². The number of hydrogen-bond acceptors (Lipinski definition) is 5. The summed E-state index contributed by atoms with van der Waals surface area (Å²) >= 11 is 3.21. The van der Waals surface area contributed by atoms with Crippen molar-refractivity contribution in [2.45, 2.75) is 11.8 Å². The summed E-state index contributed by atoms with van der Waals surface area (Å²) in [5.74, 6) is -1.35. The maximum absolute atomic E-state index is 13.0. The monoisotopic (exact) mass is 428 g/mol. The Kier molecular flexibility index (Phi) is 5.43. The third-order valence-corrected chi connectivity index (χ3v) is 5.73. The van der Waals surface area contributed by atoms with Crippen LogP contribution in [0.4, 0.5) is 11.4 Å². The van der Waals surface area contributed by atoms with E-state index in [1.807, 2.05) is 0 Å². The Morgan fingerprint density at radius 3 is 2.52 bits per heavy atom. The lowest BCUT2D eigenvalue weighted by Gasteiger charge is -2.23. The predicted octanol–water partition coefficient (Wildman–Crippen LogP) is 2.95. The molecule has 0 radical (unpaired) electrons. The number of anilines is 1. The van der Waals surface area contributed by atoms with E-state index in [2.05, 4.69) is 15.9 Å². The highest BCUT2D eigenvalue weighted by Crippen LogP contribution is 2.29. The third-order valence-electron chi connectivity index (χ3n) is 3.33. The standard InChI is InChI=1S/C15H13BrN2O6S/c1-10-5-6-13(18(21)22)8-14(10)25(23,24)17(9-15(19)20)12-4-2-3-11(16)7-12/h2-8H,9H2,1H3,(H,19,20). The Morgan fingerprint density at radius 1 is 1.28 bits per heavy atom. The molecule has 25 heavy (non-hydrogen) atoms. The second-order valence-electron chi connectivity index (χ2n) is 5.09. The van der Waals surface area contributed by atoms with Crippen molar-refractivity contribution in [3.8, 4) is 0 Å². The van der Waals surface area contributed by atoms with Gasteiger partial charge in [0.25, 0.3) is 15.7 Å². The van der Waals surface area contributed by atoms with Gasteiger partial charge in [-0.2, -0.15) is 0 Å². The van der Waals surface area contributed by atoms with E-state index in [0.29, 0.717) is 8.78 Å². The summed E-state index contributed by atoms with van der Waals surface area (Å²) in [5, 5.41) is 20.1. The van der Waals surface area contributed by atoms with Crippen LogP contribution in [0.15, 0.2) is 51.8 Å². The smallest absolute Gasteiger partial charge is 0.324 e. The Labute approximate surface area is 152 Å². The Morgan fingerprint density at radius 2 is 1.96 bits per heavy atom. The fourth-order valence-electron chi connectivity index (χ4n) is 2.17. The number of sulfonamides is 1. The molecule has 2 rings (SSSR count). The van der Waals surface area contributed by atoms with Gasteiger partial charge in [-0.15, -0.1) is 0 Å². The summed E-state index contributed by atoms with van der Waals surface area (Å²) in [6.45, 7) is 0.664.